The van der Waals surface area contributed by atoms with E-state index in [-0.39, 0.29) is 11.9 Å². The zero-order valence-electron chi connectivity index (χ0n) is 15.9. The zero-order chi connectivity index (χ0) is 19.6. The molecule has 1 aliphatic rings. The predicted octanol–water partition coefficient (Wildman–Crippen LogP) is 2.36. The van der Waals surface area contributed by atoms with Crippen LogP contribution in [0.5, 0.6) is 0 Å². The first-order chi connectivity index (χ1) is 13.7. The van der Waals surface area contributed by atoms with Crippen LogP contribution in [0.2, 0.25) is 0 Å². The molecule has 0 radical (unpaired) electrons. The minimum atomic E-state index is -0.526. The monoisotopic (exact) mass is 401 g/mol. The van der Waals surface area contributed by atoms with E-state index in [1.807, 2.05) is 47.4 Å². The lowest BCUT2D eigenvalue weighted by Gasteiger charge is -2.22. The van der Waals surface area contributed by atoms with Gasteiger partial charge in [0.15, 0.2) is 5.82 Å². The summed E-state index contributed by atoms with van der Waals surface area (Å²) in [7, 11) is 0. The van der Waals surface area contributed by atoms with Crippen LogP contribution in [0.25, 0.3) is 0 Å². The second-order valence-electron chi connectivity index (χ2n) is 6.92. The number of hydrogen-bond acceptors (Lipinski definition) is 6. The van der Waals surface area contributed by atoms with Gasteiger partial charge in [0, 0.05) is 19.4 Å². The number of rotatable bonds is 11. The molecule has 1 aromatic heterocycles. The number of aromatic amines is 1. The van der Waals surface area contributed by atoms with Crippen molar-refractivity contribution in [3.63, 3.8) is 0 Å². The Balaban J connectivity index is 1.37. The Kier molecular flexibility index (Phi) is 8.05. The van der Waals surface area contributed by atoms with Crippen molar-refractivity contribution in [1.29, 1.82) is 0 Å². The summed E-state index contributed by atoms with van der Waals surface area (Å²) < 4.78 is 0. The van der Waals surface area contributed by atoms with E-state index in [0.29, 0.717) is 12.8 Å². The molecule has 8 heteroatoms. The van der Waals surface area contributed by atoms with Gasteiger partial charge in [-0.3, -0.25) is 4.79 Å². The van der Waals surface area contributed by atoms with Crippen LogP contribution in [0.1, 0.15) is 37.1 Å². The van der Waals surface area contributed by atoms with Gasteiger partial charge in [-0.1, -0.05) is 47.7 Å². The quantitative estimate of drug-likeness (QED) is 0.443. The van der Waals surface area contributed by atoms with Crippen LogP contribution < -0.4 is 0 Å². The molecule has 28 heavy (non-hydrogen) atoms. The normalized spacial score (nSPS) is 18.2. The second kappa shape index (κ2) is 11.0. The van der Waals surface area contributed by atoms with E-state index in [4.69, 9.17) is 0 Å². The molecule has 1 aromatic carbocycles. The number of tetrazole rings is 1. The molecule has 3 rings (SSSR count). The van der Waals surface area contributed by atoms with E-state index in [2.05, 4.69) is 20.6 Å². The SMILES string of the molecule is O=C1CC[C@H](C=CC(O)Cc2ccccc2)N1CCCCSCc1nn[nH]n1. The third-order valence-corrected chi connectivity index (χ3v) is 5.82. The Hall–Kier alpha value is -2.19. The molecule has 0 spiro atoms. The number of carbonyl (C=O) groups excluding carboxylic acids is 1. The first-order valence-corrected chi connectivity index (χ1v) is 10.9. The van der Waals surface area contributed by atoms with Crippen LogP contribution in [0, 0.1) is 0 Å². The highest BCUT2D eigenvalue weighted by Gasteiger charge is 2.28. The molecule has 1 saturated heterocycles. The van der Waals surface area contributed by atoms with Crippen molar-refractivity contribution >= 4 is 17.7 Å². The molecule has 2 heterocycles. The van der Waals surface area contributed by atoms with Gasteiger partial charge in [-0.2, -0.15) is 17.0 Å². The highest BCUT2D eigenvalue weighted by atomic mass is 32.2. The Bertz CT molecular complexity index is 738. The van der Waals surface area contributed by atoms with Gasteiger partial charge in [0.2, 0.25) is 5.91 Å². The molecule has 7 nitrogen and oxygen atoms in total. The van der Waals surface area contributed by atoms with Crippen LogP contribution in [0.3, 0.4) is 0 Å². The smallest absolute Gasteiger partial charge is 0.223 e. The Morgan fingerprint density at radius 1 is 1.32 bits per heavy atom. The summed E-state index contributed by atoms with van der Waals surface area (Å²) in [5.74, 6) is 2.70. The number of amides is 1. The van der Waals surface area contributed by atoms with E-state index in [1.54, 1.807) is 11.8 Å². The van der Waals surface area contributed by atoms with E-state index < -0.39 is 6.10 Å². The molecule has 0 saturated carbocycles. The summed E-state index contributed by atoms with van der Waals surface area (Å²) in [6.07, 6.45) is 7.35. The van der Waals surface area contributed by atoms with Gasteiger partial charge in [0.05, 0.1) is 17.9 Å². The second-order valence-corrected chi connectivity index (χ2v) is 8.03. The molecule has 2 N–H and O–H groups in total. The maximum Gasteiger partial charge on any atom is 0.223 e. The topological polar surface area (TPSA) is 95.0 Å². The highest BCUT2D eigenvalue weighted by molar-refractivity contribution is 7.98. The summed E-state index contributed by atoms with van der Waals surface area (Å²) in [4.78, 5) is 14.1. The molecule has 1 aliphatic heterocycles. The summed E-state index contributed by atoms with van der Waals surface area (Å²) in [5.41, 5.74) is 1.11. The third-order valence-electron chi connectivity index (χ3n) is 4.78. The van der Waals surface area contributed by atoms with E-state index in [1.165, 1.54) is 0 Å². The van der Waals surface area contributed by atoms with Gasteiger partial charge in [0.25, 0.3) is 0 Å². The van der Waals surface area contributed by atoms with Gasteiger partial charge in [-0.05, 0) is 30.6 Å². The Morgan fingerprint density at radius 3 is 2.96 bits per heavy atom. The number of H-pyrrole nitrogens is 1. The molecule has 150 valence electrons. The number of aliphatic hydroxyl groups excluding tert-OH is 1. The average Bonchev–Trinajstić information content (AvgIpc) is 3.34. The van der Waals surface area contributed by atoms with E-state index in [9.17, 15) is 9.90 Å². The van der Waals surface area contributed by atoms with Crippen molar-refractivity contribution in [3.8, 4) is 0 Å². The predicted molar refractivity (Wildman–Crippen MR) is 110 cm³/mol. The number of thioether (sulfide) groups is 1. The maximum absolute atomic E-state index is 12.2. The fourth-order valence-electron chi connectivity index (χ4n) is 3.32. The number of benzene rings is 1. The fraction of sp³-hybridized carbons (Fsp3) is 0.500. The number of aliphatic hydroxyl groups is 1. The van der Waals surface area contributed by atoms with Crippen molar-refractivity contribution < 1.29 is 9.90 Å². The van der Waals surface area contributed by atoms with Crippen molar-refractivity contribution in [2.75, 3.05) is 12.3 Å². The number of likely N-dealkylation sites (tertiary alicyclic amines) is 1. The number of unbranched alkanes of at least 4 members (excludes halogenated alkanes) is 1. The van der Waals surface area contributed by atoms with Crippen LogP contribution in [0.4, 0.5) is 0 Å². The van der Waals surface area contributed by atoms with Crippen LogP contribution in [-0.2, 0) is 17.0 Å². The van der Waals surface area contributed by atoms with Gasteiger partial charge in [0.1, 0.15) is 0 Å². The third kappa shape index (κ3) is 6.45. The zero-order valence-corrected chi connectivity index (χ0v) is 16.7. The summed E-state index contributed by atoms with van der Waals surface area (Å²) in [6.45, 7) is 0.769. The lowest BCUT2D eigenvalue weighted by Crippen LogP contribution is -2.33. The molecule has 0 bridgehead atoms. The molecule has 1 fully saturated rings. The Morgan fingerprint density at radius 2 is 2.18 bits per heavy atom. The highest BCUT2D eigenvalue weighted by Crippen LogP contribution is 2.21. The first-order valence-electron chi connectivity index (χ1n) is 9.72. The number of aromatic nitrogens is 4. The van der Waals surface area contributed by atoms with Crippen molar-refractivity contribution in [2.24, 2.45) is 0 Å². The van der Waals surface area contributed by atoms with Crippen LogP contribution in [-0.4, -0.2) is 61.0 Å². The van der Waals surface area contributed by atoms with Gasteiger partial charge < -0.3 is 10.0 Å². The van der Waals surface area contributed by atoms with Crippen molar-refractivity contribution in [3.05, 3.63) is 53.9 Å². The summed E-state index contributed by atoms with van der Waals surface area (Å²) in [5, 5.41) is 24.1. The van der Waals surface area contributed by atoms with Crippen molar-refractivity contribution in [1.82, 2.24) is 25.5 Å². The molecule has 1 unspecified atom stereocenters. The fourth-order valence-corrected chi connectivity index (χ4v) is 4.18. The first kappa shape index (κ1) is 20.5. The minimum Gasteiger partial charge on any atom is -0.389 e. The maximum atomic E-state index is 12.2. The lowest BCUT2D eigenvalue weighted by molar-refractivity contribution is -0.128. The molecule has 1 amide bonds. The van der Waals surface area contributed by atoms with E-state index in [0.717, 1.165) is 48.7 Å². The minimum absolute atomic E-state index is 0.102. The molecule has 2 atom stereocenters. The summed E-state index contributed by atoms with van der Waals surface area (Å²) >= 11 is 1.77. The van der Waals surface area contributed by atoms with Gasteiger partial charge >= 0.3 is 0 Å². The lowest BCUT2D eigenvalue weighted by atomic mass is 10.1. The molecule has 0 aliphatic carbocycles. The van der Waals surface area contributed by atoms with E-state index >= 15 is 0 Å². The Labute approximate surface area is 169 Å². The number of nitrogens with zero attached hydrogens (tertiary/aromatic N) is 4. The molecular weight excluding hydrogens is 374 g/mol. The number of nitrogens with one attached hydrogen (secondary N) is 1. The summed E-state index contributed by atoms with van der Waals surface area (Å²) in [6, 6.07) is 10.0. The van der Waals surface area contributed by atoms with Crippen LogP contribution >= 0.6 is 11.8 Å². The standard InChI is InChI=1S/C20H27N5O2S/c26-18(14-16-6-2-1-3-7-16)10-8-17-9-11-20(27)25(17)12-4-5-13-28-15-19-21-23-24-22-19/h1-3,6-8,10,17-18,26H,4-5,9,11-15H2,(H,21,22,23,24)/t17-,18?/m0/s1. The largest absolute Gasteiger partial charge is 0.389 e. The molecule has 2 aromatic rings. The molecular formula is C20H27N5O2S. The van der Waals surface area contributed by atoms with Gasteiger partial charge in [-0.15, -0.1) is 10.2 Å². The van der Waals surface area contributed by atoms with Crippen molar-refractivity contribution in [2.45, 2.75) is 50.0 Å². The number of hydrogen-bond donors (Lipinski definition) is 2. The number of carbonyl (C=O) groups is 1. The van der Waals surface area contributed by atoms with Crippen LogP contribution in [0.15, 0.2) is 42.5 Å². The van der Waals surface area contributed by atoms with Gasteiger partial charge in [-0.25, -0.2) is 0 Å². The average molecular weight is 402 g/mol.